The molecule has 0 unspecified atom stereocenters. The second kappa shape index (κ2) is 8.02. The van der Waals surface area contributed by atoms with Crippen LogP contribution in [0.1, 0.15) is 11.1 Å². The number of thiophene rings is 1. The van der Waals surface area contributed by atoms with Crippen LogP contribution < -0.4 is 9.47 Å². The summed E-state index contributed by atoms with van der Waals surface area (Å²) >= 11 is 1.51. The van der Waals surface area contributed by atoms with Crippen molar-refractivity contribution in [2.45, 2.75) is 19.1 Å². The Bertz CT molecular complexity index is 1170. The maximum atomic E-state index is 13.1. The Morgan fingerprint density at radius 1 is 1.00 bits per heavy atom. The molecule has 4 aromatic rings. The molecule has 8 heteroatoms. The zero-order chi connectivity index (χ0) is 21.3. The van der Waals surface area contributed by atoms with Gasteiger partial charge in [0.1, 0.15) is 0 Å². The summed E-state index contributed by atoms with van der Waals surface area (Å²) in [6.45, 7) is 0.560. The maximum absolute atomic E-state index is 13.1. The van der Waals surface area contributed by atoms with E-state index in [0.29, 0.717) is 41.3 Å². The predicted molar refractivity (Wildman–Crippen MR) is 111 cm³/mol. The van der Waals surface area contributed by atoms with Crippen LogP contribution in [0.2, 0.25) is 0 Å². The quantitative estimate of drug-likeness (QED) is 0.373. The number of halogens is 3. The molecule has 0 amide bonds. The monoisotopic (exact) mass is 432 g/mol. The highest BCUT2D eigenvalue weighted by Gasteiger charge is 2.31. The van der Waals surface area contributed by atoms with Crippen molar-refractivity contribution >= 4 is 22.4 Å². The van der Waals surface area contributed by atoms with Gasteiger partial charge in [0, 0.05) is 6.54 Å². The van der Waals surface area contributed by atoms with Gasteiger partial charge in [-0.25, -0.2) is 4.98 Å². The number of alkyl halides is 3. The van der Waals surface area contributed by atoms with Crippen LogP contribution in [0.5, 0.6) is 11.5 Å². The van der Waals surface area contributed by atoms with Gasteiger partial charge in [0.15, 0.2) is 17.3 Å². The molecule has 30 heavy (non-hydrogen) atoms. The van der Waals surface area contributed by atoms with Gasteiger partial charge in [-0.05, 0) is 53.8 Å². The van der Waals surface area contributed by atoms with Gasteiger partial charge in [0.25, 0.3) is 0 Å². The second-order valence-corrected chi connectivity index (χ2v) is 7.65. The number of nitrogens with zero attached hydrogens (tertiary/aromatic N) is 2. The first kappa shape index (κ1) is 20.3. The molecule has 0 aliphatic carbocycles. The molecule has 2 aromatic carbocycles. The Hall–Kier alpha value is -3.00. The minimum Gasteiger partial charge on any atom is -0.493 e. The van der Waals surface area contributed by atoms with Crippen molar-refractivity contribution in [1.29, 1.82) is 0 Å². The lowest BCUT2D eigenvalue weighted by molar-refractivity contribution is -0.137. The van der Waals surface area contributed by atoms with Gasteiger partial charge in [-0.2, -0.15) is 13.2 Å². The van der Waals surface area contributed by atoms with E-state index in [4.69, 9.17) is 9.47 Å². The van der Waals surface area contributed by atoms with Crippen LogP contribution in [0, 0.1) is 0 Å². The molecule has 2 aromatic heterocycles. The normalized spacial score (nSPS) is 11.8. The third-order valence-corrected chi connectivity index (χ3v) is 5.75. The van der Waals surface area contributed by atoms with Crippen LogP contribution in [-0.2, 0) is 19.1 Å². The van der Waals surface area contributed by atoms with Crippen molar-refractivity contribution in [3.63, 3.8) is 0 Å². The topological polar surface area (TPSA) is 36.3 Å². The molecule has 0 N–H and O–H groups in total. The number of methoxy groups -OCH3 is 2. The van der Waals surface area contributed by atoms with Crippen LogP contribution in [0.4, 0.5) is 13.2 Å². The Labute approximate surface area is 175 Å². The van der Waals surface area contributed by atoms with Crippen LogP contribution in [0.3, 0.4) is 0 Å². The van der Waals surface area contributed by atoms with Crippen molar-refractivity contribution in [3.05, 3.63) is 65.0 Å². The van der Waals surface area contributed by atoms with Gasteiger partial charge in [-0.3, -0.25) is 0 Å². The SMILES string of the molecule is COc1ccc(CCn2c(-c3cccs3)nc3cc(C(F)(F)F)ccc32)cc1OC. The molecular formula is C22H19F3N2O2S. The van der Waals surface area contributed by atoms with Crippen LogP contribution in [0.15, 0.2) is 53.9 Å². The van der Waals surface area contributed by atoms with E-state index in [9.17, 15) is 13.2 Å². The fourth-order valence-electron chi connectivity index (χ4n) is 3.40. The Kier molecular flexibility index (Phi) is 5.42. The lowest BCUT2D eigenvalue weighted by Gasteiger charge is -2.12. The Balaban J connectivity index is 1.72. The molecular weight excluding hydrogens is 413 g/mol. The summed E-state index contributed by atoms with van der Waals surface area (Å²) in [6.07, 6.45) is -3.74. The molecule has 0 radical (unpaired) electrons. The molecule has 4 nitrogen and oxygen atoms in total. The third kappa shape index (κ3) is 3.87. The standard InChI is InChI=1S/C22H19F3N2O2S/c1-28-18-8-5-14(12-19(18)29-2)9-10-27-17-7-6-15(22(23,24)25)13-16(17)26-21(27)20-4-3-11-30-20/h3-8,11-13H,9-10H2,1-2H3. The molecule has 0 atom stereocenters. The number of benzene rings is 2. The van der Waals surface area contributed by atoms with E-state index in [2.05, 4.69) is 4.98 Å². The van der Waals surface area contributed by atoms with Crippen molar-refractivity contribution < 1.29 is 22.6 Å². The molecule has 0 saturated carbocycles. The summed E-state index contributed by atoms with van der Waals surface area (Å²) in [5.41, 5.74) is 1.34. The number of hydrogen-bond donors (Lipinski definition) is 0. The van der Waals surface area contributed by atoms with Gasteiger partial charge in [0.2, 0.25) is 0 Å². The smallest absolute Gasteiger partial charge is 0.416 e. The fourth-order valence-corrected chi connectivity index (χ4v) is 4.13. The summed E-state index contributed by atoms with van der Waals surface area (Å²) in [5, 5.41) is 1.93. The highest BCUT2D eigenvalue weighted by atomic mass is 32.1. The first-order valence-electron chi connectivity index (χ1n) is 9.23. The second-order valence-electron chi connectivity index (χ2n) is 6.70. The minimum atomic E-state index is -4.40. The number of aryl methyl sites for hydroxylation is 2. The zero-order valence-electron chi connectivity index (χ0n) is 16.4. The summed E-state index contributed by atoms with van der Waals surface area (Å²) in [4.78, 5) is 5.44. The number of ether oxygens (including phenoxy) is 2. The van der Waals surface area contributed by atoms with Crippen molar-refractivity contribution in [2.24, 2.45) is 0 Å². The number of rotatable bonds is 6. The fraction of sp³-hybridized carbons (Fsp3) is 0.227. The Morgan fingerprint density at radius 2 is 1.80 bits per heavy atom. The van der Waals surface area contributed by atoms with Gasteiger partial charge in [-0.15, -0.1) is 11.3 Å². The highest BCUT2D eigenvalue weighted by molar-refractivity contribution is 7.13. The van der Waals surface area contributed by atoms with E-state index in [0.717, 1.165) is 22.6 Å². The highest BCUT2D eigenvalue weighted by Crippen LogP contribution is 2.34. The van der Waals surface area contributed by atoms with E-state index in [1.54, 1.807) is 14.2 Å². The van der Waals surface area contributed by atoms with Gasteiger partial charge in [0.05, 0.1) is 35.7 Å². The molecule has 0 saturated heterocycles. The van der Waals surface area contributed by atoms with E-state index >= 15 is 0 Å². The van der Waals surface area contributed by atoms with Crippen LogP contribution in [0.25, 0.3) is 21.7 Å². The average molecular weight is 432 g/mol. The summed E-state index contributed by atoms with van der Waals surface area (Å²) in [5.74, 6) is 1.95. The van der Waals surface area contributed by atoms with Gasteiger partial charge < -0.3 is 14.0 Å². The zero-order valence-corrected chi connectivity index (χ0v) is 17.2. The Morgan fingerprint density at radius 3 is 2.47 bits per heavy atom. The molecule has 0 aliphatic heterocycles. The summed E-state index contributed by atoms with van der Waals surface area (Å²) in [6, 6.07) is 13.2. The predicted octanol–water partition coefficient (Wildman–Crippen LogP) is 6.04. The van der Waals surface area contributed by atoms with E-state index < -0.39 is 11.7 Å². The lowest BCUT2D eigenvalue weighted by atomic mass is 10.1. The number of imidazole rings is 1. The average Bonchev–Trinajstić information content (AvgIpc) is 3.38. The van der Waals surface area contributed by atoms with Crippen molar-refractivity contribution in [3.8, 4) is 22.2 Å². The molecule has 156 valence electrons. The lowest BCUT2D eigenvalue weighted by Crippen LogP contribution is -2.05. The third-order valence-electron chi connectivity index (χ3n) is 4.89. The first-order chi connectivity index (χ1) is 14.4. The minimum absolute atomic E-state index is 0.334. The first-order valence-corrected chi connectivity index (χ1v) is 10.1. The van der Waals surface area contributed by atoms with E-state index in [1.807, 2.05) is 40.3 Å². The molecule has 0 bridgehead atoms. The number of aromatic nitrogens is 2. The molecule has 2 heterocycles. The maximum Gasteiger partial charge on any atom is 0.416 e. The van der Waals surface area contributed by atoms with Crippen molar-refractivity contribution in [2.75, 3.05) is 14.2 Å². The van der Waals surface area contributed by atoms with Crippen LogP contribution >= 0.6 is 11.3 Å². The molecule has 0 aliphatic rings. The van der Waals surface area contributed by atoms with Gasteiger partial charge >= 0.3 is 6.18 Å². The number of hydrogen-bond acceptors (Lipinski definition) is 4. The van der Waals surface area contributed by atoms with Gasteiger partial charge in [-0.1, -0.05) is 12.1 Å². The van der Waals surface area contributed by atoms with E-state index in [1.165, 1.54) is 17.4 Å². The van der Waals surface area contributed by atoms with E-state index in [-0.39, 0.29) is 0 Å². The molecule has 4 rings (SSSR count). The van der Waals surface area contributed by atoms with Crippen molar-refractivity contribution in [1.82, 2.24) is 9.55 Å². The summed E-state index contributed by atoms with van der Waals surface area (Å²) in [7, 11) is 3.16. The largest absolute Gasteiger partial charge is 0.493 e. The molecule has 0 spiro atoms. The van der Waals surface area contributed by atoms with Crippen LogP contribution in [-0.4, -0.2) is 23.8 Å². The number of fused-ring (bicyclic) bond motifs is 1. The summed E-state index contributed by atoms with van der Waals surface area (Å²) < 4.78 is 52.0. The molecule has 0 fully saturated rings.